The van der Waals surface area contributed by atoms with Crippen LogP contribution in [0.15, 0.2) is 59.5 Å². The number of carbonyl (C=O) groups excluding carboxylic acids is 1. The summed E-state index contributed by atoms with van der Waals surface area (Å²) in [6, 6.07) is 11.5. The summed E-state index contributed by atoms with van der Waals surface area (Å²) >= 11 is 0. The Balaban J connectivity index is 2.54. The molecular formula is C17H18FNO4S. The number of benzene rings is 2. The van der Waals surface area contributed by atoms with Gasteiger partial charge in [0.15, 0.2) is 0 Å². The van der Waals surface area contributed by atoms with Crippen molar-refractivity contribution in [1.29, 1.82) is 0 Å². The van der Waals surface area contributed by atoms with Gasteiger partial charge >= 0.3 is 5.97 Å². The number of rotatable bonds is 6. The molecule has 7 heteroatoms. The molecule has 0 bridgehead atoms. The van der Waals surface area contributed by atoms with Gasteiger partial charge in [0.25, 0.3) is 10.0 Å². The Morgan fingerprint density at radius 1 is 1.12 bits per heavy atom. The standard InChI is InChI=1S/C17H18FNO4S/c1-3-23-17(20)13(2)19(15-11-9-14(18)10-12-15)24(21,22)16-7-5-4-6-8-16/h4-13H,3H2,1-2H3/t13-/m1/s1. The average Bonchev–Trinajstić information content (AvgIpc) is 2.57. The number of carbonyl (C=O) groups is 1. The Bertz CT molecular complexity index is 791. The maximum atomic E-state index is 13.2. The third-order valence-electron chi connectivity index (χ3n) is 3.36. The van der Waals surface area contributed by atoms with Gasteiger partial charge in [0.1, 0.15) is 11.9 Å². The molecule has 5 nitrogen and oxygen atoms in total. The fraction of sp³-hybridized carbons (Fsp3) is 0.235. The molecule has 2 rings (SSSR count). The fourth-order valence-electron chi connectivity index (χ4n) is 2.22. The first-order chi connectivity index (χ1) is 11.4. The topological polar surface area (TPSA) is 63.7 Å². The van der Waals surface area contributed by atoms with E-state index in [1.165, 1.54) is 31.2 Å². The zero-order chi connectivity index (χ0) is 17.7. The second kappa shape index (κ2) is 7.44. The van der Waals surface area contributed by atoms with Crippen LogP contribution in [0.3, 0.4) is 0 Å². The van der Waals surface area contributed by atoms with E-state index in [0.29, 0.717) is 0 Å². The molecule has 128 valence electrons. The maximum Gasteiger partial charge on any atom is 0.329 e. The van der Waals surface area contributed by atoms with E-state index in [1.807, 2.05) is 0 Å². The second-order valence-corrected chi connectivity index (χ2v) is 6.83. The van der Waals surface area contributed by atoms with Crippen molar-refractivity contribution in [3.63, 3.8) is 0 Å². The van der Waals surface area contributed by atoms with Gasteiger partial charge in [-0.15, -0.1) is 0 Å². The van der Waals surface area contributed by atoms with Crippen LogP contribution in [-0.4, -0.2) is 27.0 Å². The van der Waals surface area contributed by atoms with Crippen molar-refractivity contribution in [2.24, 2.45) is 0 Å². The zero-order valence-corrected chi connectivity index (χ0v) is 14.2. The van der Waals surface area contributed by atoms with E-state index in [-0.39, 0.29) is 17.2 Å². The lowest BCUT2D eigenvalue weighted by molar-refractivity contribution is -0.144. The van der Waals surface area contributed by atoms with Crippen LogP contribution in [0.4, 0.5) is 10.1 Å². The number of anilines is 1. The molecule has 1 atom stereocenters. The predicted molar refractivity (Wildman–Crippen MR) is 88.6 cm³/mol. The minimum atomic E-state index is -4.02. The van der Waals surface area contributed by atoms with Gasteiger partial charge in [-0.25, -0.2) is 17.6 Å². The molecule has 0 fully saturated rings. The normalized spacial score (nSPS) is 12.5. The summed E-state index contributed by atoms with van der Waals surface area (Å²) in [6.45, 7) is 3.20. The number of halogens is 1. The Labute approximate surface area is 140 Å². The van der Waals surface area contributed by atoms with Gasteiger partial charge in [-0.05, 0) is 50.2 Å². The van der Waals surface area contributed by atoms with Gasteiger partial charge < -0.3 is 4.74 Å². The lowest BCUT2D eigenvalue weighted by Crippen LogP contribution is -2.44. The molecule has 0 saturated heterocycles. The number of sulfonamides is 1. The Kier molecular flexibility index (Phi) is 5.56. The molecule has 0 heterocycles. The van der Waals surface area contributed by atoms with E-state index >= 15 is 0 Å². The van der Waals surface area contributed by atoms with Gasteiger partial charge in [0, 0.05) is 0 Å². The highest BCUT2D eigenvalue weighted by Gasteiger charge is 2.34. The second-order valence-electron chi connectivity index (χ2n) is 5.02. The summed E-state index contributed by atoms with van der Waals surface area (Å²) in [6.07, 6.45) is 0. The molecule has 0 saturated carbocycles. The molecule has 0 aliphatic carbocycles. The lowest BCUT2D eigenvalue weighted by atomic mass is 10.2. The quantitative estimate of drug-likeness (QED) is 0.751. The molecule has 2 aromatic carbocycles. The van der Waals surface area contributed by atoms with E-state index in [2.05, 4.69) is 0 Å². The van der Waals surface area contributed by atoms with Crippen LogP contribution in [-0.2, 0) is 19.6 Å². The number of hydrogen-bond donors (Lipinski definition) is 0. The molecular weight excluding hydrogens is 333 g/mol. The van der Waals surface area contributed by atoms with Gasteiger partial charge in [0.2, 0.25) is 0 Å². The van der Waals surface area contributed by atoms with Crippen LogP contribution >= 0.6 is 0 Å². The number of hydrogen-bond acceptors (Lipinski definition) is 4. The molecule has 0 N–H and O–H groups in total. The molecule has 2 aromatic rings. The van der Waals surface area contributed by atoms with Gasteiger partial charge in [-0.1, -0.05) is 18.2 Å². The van der Waals surface area contributed by atoms with Crippen LogP contribution < -0.4 is 4.31 Å². The van der Waals surface area contributed by atoms with Crippen LogP contribution in [0.25, 0.3) is 0 Å². The van der Waals surface area contributed by atoms with Crippen molar-refractivity contribution in [1.82, 2.24) is 0 Å². The first-order valence-electron chi connectivity index (χ1n) is 7.39. The van der Waals surface area contributed by atoms with Crippen LogP contribution in [0.2, 0.25) is 0 Å². The molecule has 24 heavy (non-hydrogen) atoms. The molecule has 0 amide bonds. The summed E-state index contributed by atoms with van der Waals surface area (Å²) < 4.78 is 45.1. The van der Waals surface area contributed by atoms with Crippen molar-refractivity contribution >= 4 is 21.7 Å². The van der Waals surface area contributed by atoms with Gasteiger partial charge in [-0.3, -0.25) is 4.31 Å². The van der Waals surface area contributed by atoms with E-state index in [9.17, 15) is 17.6 Å². The van der Waals surface area contributed by atoms with Crippen molar-refractivity contribution in [2.75, 3.05) is 10.9 Å². The molecule has 0 aromatic heterocycles. The molecule has 0 aliphatic heterocycles. The van der Waals surface area contributed by atoms with Crippen LogP contribution in [0, 0.1) is 5.82 Å². The summed E-state index contributed by atoms with van der Waals surface area (Å²) in [5.41, 5.74) is 0.181. The minimum Gasteiger partial charge on any atom is -0.464 e. The van der Waals surface area contributed by atoms with Gasteiger partial charge in [0.05, 0.1) is 17.2 Å². The number of ether oxygens (including phenoxy) is 1. The summed E-state index contributed by atoms with van der Waals surface area (Å²) in [7, 11) is -4.02. The highest BCUT2D eigenvalue weighted by atomic mass is 32.2. The van der Waals surface area contributed by atoms with E-state index in [0.717, 1.165) is 16.4 Å². The smallest absolute Gasteiger partial charge is 0.329 e. The maximum absolute atomic E-state index is 13.2. The molecule has 0 aliphatic rings. The van der Waals surface area contributed by atoms with E-state index in [4.69, 9.17) is 4.74 Å². The number of esters is 1. The third-order valence-corrected chi connectivity index (χ3v) is 5.27. The van der Waals surface area contributed by atoms with Gasteiger partial charge in [-0.2, -0.15) is 0 Å². The predicted octanol–water partition coefficient (Wildman–Crippen LogP) is 2.97. The molecule has 0 spiro atoms. The summed E-state index contributed by atoms with van der Waals surface area (Å²) in [4.78, 5) is 12.1. The van der Waals surface area contributed by atoms with Crippen molar-refractivity contribution in [2.45, 2.75) is 24.8 Å². The fourth-order valence-corrected chi connectivity index (χ4v) is 3.85. The largest absolute Gasteiger partial charge is 0.464 e. The lowest BCUT2D eigenvalue weighted by Gasteiger charge is -2.29. The summed E-state index contributed by atoms with van der Waals surface area (Å²) in [5.74, 6) is -1.18. The zero-order valence-electron chi connectivity index (χ0n) is 13.3. The number of nitrogens with zero attached hydrogens (tertiary/aromatic N) is 1. The SMILES string of the molecule is CCOC(=O)[C@@H](C)N(c1ccc(F)cc1)S(=O)(=O)c1ccccc1. The summed E-state index contributed by atoms with van der Waals surface area (Å²) in [5, 5.41) is 0. The van der Waals surface area contributed by atoms with E-state index < -0.39 is 27.9 Å². The van der Waals surface area contributed by atoms with Crippen molar-refractivity contribution < 1.29 is 22.3 Å². The Morgan fingerprint density at radius 2 is 1.71 bits per heavy atom. The van der Waals surface area contributed by atoms with Crippen molar-refractivity contribution in [3.8, 4) is 0 Å². The van der Waals surface area contributed by atoms with Crippen LogP contribution in [0.1, 0.15) is 13.8 Å². The molecule has 0 unspecified atom stereocenters. The average molecular weight is 351 g/mol. The first kappa shape index (κ1) is 17.9. The van der Waals surface area contributed by atoms with E-state index in [1.54, 1.807) is 25.1 Å². The highest BCUT2D eigenvalue weighted by Crippen LogP contribution is 2.26. The monoisotopic (exact) mass is 351 g/mol. The minimum absolute atomic E-state index is 0.0328. The highest BCUT2D eigenvalue weighted by molar-refractivity contribution is 7.92. The third kappa shape index (κ3) is 3.73. The van der Waals surface area contributed by atoms with Crippen molar-refractivity contribution in [3.05, 3.63) is 60.4 Å². The van der Waals surface area contributed by atoms with Crippen LogP contribution in [0.5, 0.6) is 0 Å². The first-order valence-corrected chi connectivity index (χ1v) is 8.83. The Morgan fingerprint density at radius 3 is 2.25 bits per heavy atom. The Hall–Kier alpha value is -2.41. The molecule has 0 radical (unpaired) electrons.